The highest BCUT2D eigenvalue weighted by atomic mass is 32.2. The van der Waals surface area contributed by atoms with E-state index in [-0.39, 0.29) is 11.7 Å². The van der Waals surface area contributed by atoms with Gasteiger partial charge in [0.15, 0.2) is 0 Å². The molecule has 0 unspecified atom stereocenters. The third-order valence-electron chi connectivity index (χ3n) is 4.32. The smallest absolute Gasteiger partial charge is 0.233 e. The first-order chi connectivity index (χ1) is 13.1. The molecule has 1 heterocycles. The number of rotatable bonds is 7. The van der Waals surface area contributed by atoms with E-state index in [1.807, 2.05) is 38.2 Å². The number of thioether (sulfide) groups is 1. The van der Waals surface area contributed by atoms with E-state index in [9.17, 15) is 4.79 Å². The van der Waals surface area contributed by atoms with Crippen LogP contribution < -0.4 is 0 Å². The molecule has 0 fully saturated rings. The van der Waals surface area contributed by atoms with Gasteiger partial charge in [0.1, 0.15) is 0 Å². The Morgan fingerprint density at radius 3 is 2.41 bits per heavy atom. The fourth-order valence-electron chi connectivity index (χ4n) is 2.60. The Bertz CT molecular complexity index is 889. The quantitative estimate of drug-likeness (QED) is 0.588. The molecule has 0 radical (unpaired) electrons. The van der Waals surface area contributed by atoms with Gasteiger partial charge in [0, 0.05) is 13.6 Å². The minimum absolute atomic E-state index is 0.0398. The predicted octanol–water partition coefficient (Wildman–Crippen LogP) is 3.28. The molecule has 3 aromatic rings. The van der Waals surface area contributed by atoms with Crippen LogP contribution in [0.2, 0.25) is 0 Å². The average Bonchev–Trinajstić information content (AvgIpc) is 3.15. The van der Waals surface area contributed by atoms with Gasteiger partial charge in [-0.1, -0.05) is 60.6 Å². The van der Waals surface area contributed by atoms with Gasteiger partial charge in [-0.05, 0) is 47.0 Å². The van der Waals surface area contributed by atoms with Crippen molar-refractivity contribution in [2.75, 3.05) is 12.8 Å². The van der Waals surface area contributed by atoms with Gasteiger partial charge in [0.25, 0.3) is 0 Å². The summed E-state index contributed by atoms with van der Waals surface area (Å²) in [6.07, 6.45) is 1.02. The maximum atomic E-state index is 12.5. The topological polar surface area (TPSA) is 63.9 Å². The molecule has 3 rings (SSSR count). The van der Waals surface area contributed by atoms with Gasteiger partial charge < -0.3 is 4.90 Å². The second-order valence-corrected chi connectivity index (χ2v) is 7.36. The van der Waals surface area contributed by atoms with Crippen LogP contribution in [0, 0.1) is 6.92 Å². The highest BCUT2D eigenvalue weighted by Gasteiger charge is 2.14. The van der Waals surface area contributed by atoms with Crippen LogP contribution >= 0.6 is 11.8 Å². The summed E-state index contributed by atoms with van der Waals surface area (Å²) >= 11 is 1.34. The molecule has 0 bridgehead atoms. The lowest BCUT2D eigenvalue weighted by molar-refractivity contribution is -0.127. The van der Waals surface area contributed by atoms with Gasteiger partial charge in [0.05, 0.1) is 11.4 Å². The standard InChI is InChI=1S/C20H23N5OS/c1-4-16-7-9-17(10-8-16)13-24(3)19(26)14-27-20-21-22-23-25(20)18-11-5-15(2)6-12-18/h5-12H,4,13-14H2,1-3H3. The van der Waals surface area contributed by atoms with Crippen molar-refractivity contribution in [2.45, 2.75) is 32.0 Å². The van der Waals surface area contributed by atoms with Crippen LogP contribution in [0.25, 0.3) is 5.69 Å². The molecule has 6 nitrogen and oxygen atoms in total. The number of amides is 1. The highest BCUT2D eigenvalue weighted by molar-refractivity contribution is 7.99. The number of hydrogen-bond acceptors (Lipinski definition) is 5. The minimum atomic E-state index is 0.0398. The van der Waals surface area contributed by atoms with Gasteiger partial charge in [-0.25, -0.2) is 0 Å². The van der Waals surface area contributed by atoms with E-state index in [4.69, 9.17) is 0 Å². The average molecular weight is 382 g/mol. The Morgan fingerprint density at radius 2 is 1.74 bits per heavy atom. The summed E-state index contributed by atoms with van der Waals surface area (Å²) in [7, 11) is 1.82. The molecule has 0 aliphatic heterocycles. The second-order valence-electron chi connectivity index (χ2n) is 6.42. The Hall–Kier alpha value is -2.67. The molecule has 7 heteroatoms. The van der Waals surface area contributed by atoms with Crippen LogP contribution in [0.4, 0.5) is 0 Å². The summed E-state index contributed by atoms with van der Waals surface area (Å²) in [4.78, 5) is 14.2. The lowest BCUT2D eigenvalue weighted by Gasteiger charge is -2.17. The zero-order valence-corrected chi connectivity index (χ0v) is 16.6. The SMILES string of the molecule is CCc1ccc(CN(C)C(=O)CSc2nnnn2-c2ccc(C)cc2)cc1. The third kappa shape index (κ3) is 4.95. The zero-order valence-electron chi connectivity index (χ0n) is 15.8. The van der Waals surface area contributed by atoms with E-state index in [0.717, 1.165) is 17.7 Å². The highest BCUT2D eigenvalue weighted by Crippen LogP contribution is 2.19. The molecule has 0 saturated carbocycles. The van der Waals surface area contributed by atoms with Crippen LogP contribution in [-0.4, -0.2) is 43.8 Å². The Balaban J connectivity index is 1.59. The first kappa shape index (κ1) is 19.1. The molecule has 27 heavy (non-hydrogen) atoms. The van der Waals surface area contributed by atoms with E-state index in [1.54, 1.807) is 9.58 Å². The molecule has 1 aromatic heterocycles. The largest absolute Gasteiger partial charge is 0.341 e. The molecular formula is C20H23N5OS. The molecule has 0 aliphatic rings. The number of aryl methyl sites for hydroxylation is 2. The van der Waals surface area contributed by atoms with Gasteiger partial charge >= 0.3 is 0 Å². The molecule has 0 N–H and O–H groups in total. The summed E-state index contributed by atoms with van der Waals surface area (Å²) < 4.78 is 1.65. The lowest BCUT2D eigenvalue weighted by Crippen LogP contribution is -2.27. The van der Waals surface area contributed by atoms with Crippen molar-refractivity contribution in [1.82, 2.24) is 25.1 Å². The molecule has 140 valence electrons. The molecular weight excluding hydrogens is 358 g/mol. The van der Waals surface area contributed by atoms with Crippen molar-refractivity contribution >= 4 is 17.7 Å². The third-order valence-corrected chi connectivity index (χ3v) is 5.22. The van der Waals surface area contributed by atoms with Gasteiger partial charge in [0.2, 0.25) is 11.1 Å². The first-order valence-electron chi connectivity index (χ1n) is 8.87. The number of hydrogen-bond donors (Lipinski definition) is 0. The number of nitrogens with zero attached hydrogens (tertiary/aromatic N) is 5. The number of aromatic nitrogens is 4. The fourth-order valence-corrected chi connectivity index (χ4v) is 3.43. The maximum absolute atomic E-state index is 12.5. The molecule has 1 amide bonds. The molecule has 2 aromatic carbocycles. The number of carbonyl (C=O) groups is 1. The van der Waals surface area contributed by atoms with Crippen molar-refractivity contribution < 1.29 is 4.79 Å². The van der Waals surface area contributed by atoms with E-state index in [1.165, 1.54) is 22.9 Å². The van der Waals surface area contributed by atoms with Crippen molar-refractivity contribution in [2.24, 2.45) is 0 Å². The minimum Gasteiger partial charge on any atom is -0.341 e. The second kappa shape index (κ2) is 8.81. The van der Waals surface area contributed by atoms with Crippen LogP contribution in [0.3, 0.4) is 0 Å². The normalized spacial score (nSPS) is 10.8. The lowest BCUT2D eigenvalue weighted by atomic mass is 10.1. The summed E-state index contributed by atoms with van der Waals surface area (Å²) in [6.45, 7) is 4.75. The number of tetrazole rings is 1. The fraction of sp³-hybridized carbons (Fsp3) is 0.300. The van der Waals surface area contributed by atoms with E-state index >= 15 is 0 Å². The van der Waals surface area contributed by atoms with Crippen molar-refractivity contribution in [1.29, 1.82) is 0 Å². The van der Waals surface area contributed by atoms with Gasteiger partial charge in [-0.3, -0.25) is 4.79 Å². The summed E-state index contributed by atoms with van der Waals surface area (Å²) in [5, 5.41) is 12.4. The summed E-state index contributed by atoms with van der Waals surface area (Å²) in [5.74, 6) is 0.327. The zero-order chi connectivity index (χ0) is 19.2. The van der Waals surface area contributed by atoms with E-state index in [2.05, 4.69) is 46.7 Å². The molecule has 0 aliphatic carbocycles. The van der Waals surface area contributed by atoms with E-state index < -0.39 is 0 Å². The molecule has 0 saturated heterocycles. The predicted molar refractivity (Wildman–Crippen MR) is 107 cm³/mol. The molecule has 0 spiro atoms. The van der Waals surface area contributed by atoms with Crippen LogP contribution in [0.15, 0.2) is 53.7 Å². The number of carbonyl (C=O) groups excluding carboxylic acids is 1. The van der Waals surface area contributed by atoms with Gasteiger partial charge in [-0.2, -0.15) is 4.68 Å². The van der Waals surface area contributed by atoms with E-state index in [0.29, 0.717) is 11.7 Å². The van der Waals surface area contributed by atoms with Crippen LogP contribution in [0.1, 0.15) is 23.6 Å². The van der Waals surface area contributed by atoms with Crippen LogP contribution in [0.5, 0.6) is 0 Å². The van der Waals surface area contributed by atoms with Crippen molar-refractivity contribution in [3.05, 3.63) is 65.2 Å². The Kier molecular flexibility index (Phi) is 6.24. The Labute approximate surface area is 163 Å². The summed E-state index contributed by atoms with van der Waals surface area (Å²) in [5.41, 5.74) is 4.47. The molecule has 0 atom stereocenters. The Morgan fingerprint density at radius 1 is 1.07 bits per heavy atom. The maximum Gasteiger partial charge on any atom is 0.233 e. The number of benzene rings is 2. The van der Waals surface area contributed by atoms with Crippen LogP contribution in [-0.2, 0) is 17.8 Å². The van der Waals surface area contributed by atoms with Crippen molar-refractivity contribution in [3.63, 3.8) is 0 Å². The monoisotopic (exact) mass is 381 g/mol. The first-order valence-corrected chi connectivity index (χ1v) is 9.85. The summed E-state index contributed by atoms with van der Waals surface area (Å²) in [6, 6.07) is 16.3. The van der Waals surface area contributed by atoms with Gasteiger partial charge in [-0.15, -0.1) is 5.10 Å². The van der Waals surface area contributed by atoms with Crippen molar-refractivity contribution in [3.8, 4) is 5.69 Å².